The summed E-state index contributed by atoms with van der Waals surface area (Å²) in [5.41, 5.74) is 0. The molecule has 0 amide bonds. The number of hydrogen-bond donors (Lipinski definition) is 0. The van der Waals surface area contributed by atoms with Crippen molar-refractivity contribution in [2.45, 2.75) is 38.7 Å². The Hall–Kier alpha value is 0.567. The van der Waals surface area contributed by atoms with Gasteiger partial charge >= 0.3 is 0 Å². The minimum atomic E-state index is -0.804. The van der Waals surface area contributed by atoms with Crippen molar-refractivity contribution in [2.75, 3.05) is 0 Å². The van der Waals surface area contributed by atoms with Crippen LogP contribution < -0.4 is 0 Å². The van der Waals surface area contributed by atoms with E-state index in [1.807, 2.05) is 0 Å². The summed E-state index contributed by atoms with van der Waals surface area (Å²) in [5, 5.41) is 0.821. The normalized spacial score (nSPS) is 12.8. The molecular weight excluding hydrogens is 132 g/mol. The molecule has 0 aromatic heterocycles. The monoisotopic (exact) mass is 148 g/mol. The van der Waals surface area contributed by atoms with Crippen LogP contribution in [-0.2, 0) is 0 Å². The van der Waals surface area contributed by atoms with Crippen LogP contribution >= 0.6 is 11.2 Å². The molecule has 0 nitrogen and oxygen atoms in total. The molecule has 0 saturated carbocycles. The maximum atomic E-state index is 2.39. The van der Waals surface area contributed by atoms with Crippen molar-refractivity contribution < 1.29 is 0 Å². The molecule has 0 spiro atoms. The molecule has 2 heteroatoms. The Balaban J connectivity index is 3.39. The summed E-state index contributed by atoms with van der Waals surface area (Å²) in [6, 6.07) is 0. The molecule has 8 heavy (non-hydrogen) atoms. The summed E-state index contributed by atoms with van der Waals surface area (Å²) in [6.07, 6.45) is 0. The summed E-state index contributed by atoms with van der Waals surface area (Å²) < 4.78 is 0. The molecule has 0 aliphatic heterocycles. The first-order valence-corrected chi connectivity index (χ1v) is 8.20. The molecular formula is C6H16SSi. The molecule has 0 saturated heterocycles. The van der Waals surface area contributed by atoms with Gasteiger partial charge in [0.15, 0.2) is 0 Å². The predicted molar refractivity (Wildman–Crippen MR) is 46.1 cm³/mol. The Morgan fingerprint density at radius 3 is 1.50 bits per heavy atom. The zero-order valence-corrected chi connectivity index (χ0v) is 8.30. The molecule has 0 rings (SSSR count). The van der Waals surface area contributed by atoms with Gasteiger partial charge in [0, 0.05) is 0 Å². The van der Waals surface area contributed by atoms with Crippen LogP contribution in [0.25, 0.3) is 0 Å². The maximum absolute atomic E-state index is 2.39. The quantitative estimate of drug-likeness (QED) is 0.543. The van der Waals surface area contributed by atoms with Gasteiger partial charge in [0.1, 0.15) is 7.22 Å². The maximum Gasteiger partial charge on any atom is 0.108 e. The van der Waals surface area contributed by atoms with Crippen LogP contribution in [0, 0.1) is 0 Å². The lowest BCUT2D eigenvalue weighted by molar-refractivity contribution is 1.12. The zero-order valence-electron chi connectivity index (χ0n) is 6.49. The fraction of sp³-hybridized carbons (Fsp3) is 1.00. The third kappa shape index (κ3) is 6.57. The first-order chi connectivity index (χ1) is 3.42. The topological polar surface area (TPSA) is 0 Å². The summed E-state index contributed by atoms with van der Waals surface area (Å²) in [5.74, 6) is 0. The largest absolute Gasteiger partial charge is 0.183 e. The van der Waals surface area contributed by atoms with Gasteiger partial charge < -0.3 is 0 Å². The Labute approximate surface area is 57.7 Å². The lowest BCUT2D eigenvalue weighted by Gasteiger charge is -2.17. The average molecular weight is 148 g/mol. The van der Waals surface area contributed by atoms with E-state index >= 15 is 0 Å². The highest BCUT2D eigenvalue weighted by Crippen LogP contribution is 2.23. The second-order valence-electron chi connectivity index (χ2n) is 3.28. The molecule has 0 aliphatic carbocycles. The van der Waals surface area contributed by atoms with Crippen LogP contribution in [0.2, 0.25) is 19.6 Å². The van der Waals surface area contributed by atoms with Crippen molar-refractivity contribution in [3.05, 3.63) is 0 Å². The fourth-order valence-corrected chi connectivity index (χ4v) is 6.36. The molecule has 50 valence electrons. The fourth-order valence-electron chi connectivity index (χ4n) is 0.707. The highest BCUT2D eigenvalue weighted by atomic mass is 32.4. The van der Waals surface area contributed by atoms with Gasteiger partial charge in [-0.05, 0) is 5.25 Å². The van der Waals surface area contributed by atoms with Gasteiger partial charge in [-0.15, -0.1) is 0 Å². The Kier molecular flexibility index (Phi) is 3.13. The summed E-state index contributed by atoms with van der Waals surface area (Å²) >= 11 is 2.15. The second-order valence-corrected chi connectivity index (χ2v) is 13.1. The van der Waals surface area contributed by atoms with E-state index in [0.29, 0.717) is 0 Å². The molecule has 0 aromatic rings. The predicted octanol–water partition coefficient (Wildman–Crippen LogP) is 2.96. The third-order valence-corrected chi connectivity index (χ3v) is 5.30. The van der Waals surface area contributed by atoms with Gasteiger partial charge in [-0.1, -0.05) is 33.5 Å². The highest BCUT2D eigenvalue weighted by Gasteiger charge is 2.14. The Morgan fingerprint density at radius 1 is 1.12 bits per heavy atom. The summed E-state index contributed by atoms with van der Waals surface area (Å²) in [4.78, 5) is 0. The standard InChI is InChI=1S/C6H16SSi/c1-6(2)7-8(3,4)5/h6H,1-5H3. The first-order valence-electron chi connectivity index (χ1n) is 3.09. The van der Waals surface area contributed by atoms with Crippen molar-refractivity contribution in [1.82, 2.24) is 0 Å². The molecule has 0 bridgehead atoms. The van der Waals surface area contributed by atoms with Gasteiger partial charge in [-0.2, -0.15) is 11.2 Å². The number of hydrogen-bond acceptors (Lipinski definition) is 1. The number of rotatable bonds is 2. The minimum absolute atomic E-state index is 0.804. The summed E-state index contributed by atoms with van der Waals surface area (Å²) in [7, 11) is -0.804. The van der Waals surface area contributed by atoms with E-state index < -0.39 is 7.22 Å². The average Bonchev–Trinajstić information content (AvgIpc) is 1.21. The lowest BCUT2D eigenvalue weighted by atomic mass is 10.6. The molecule has 0 N–H and O–H groups in total. The van der Waals surface area contributed by atoms with Crippen LogP contribution in [0.4, 0.5) is 0 Å². The first kappa shape index (κ1) is 8.57. The highest BCUT2D eigenvalue weighted by molar-refractivity contribution is 8.29. The van der Waals surface area contributed by atoms with Gasteiger partial charge in [-0.3, -0.25) is 0 Å². The minimum Gasteiger partial charge on any atom is -0.183 e. The molecule has 0 aromatic carbocycles. The van der Waals surface area contributed by atoms with Crippen molar-refractivity contribution in [2.24, 2.45) is 0 Å². The van der Waals surface area contributed by atoms with Crippen LogP contribution in [0.3, 0.4) is 0 Å². The van der Waals surface area contributed by atoms with Crippen LogP contribution in [-0.4, -0.2) is 12.5 Å². The SMILES string of the molecule is CC(C)S[Si](C)(C)C. The Bertz CT molecular complexity index is 63.4. The molecule has 0 unspecified atom stereocenters. The lowest BCUT2D eigenvalue weighted by Crippen LogP contribution is -2.17. The third-order valence-electron chi connectivity index (χ3n) is 0.589. The van der Waals surface area contributed by atoms with Crippen molar-refractivity contribution >= 4 is 18.4 Å². The second kappa shape index (κ2) is 2.92. The van der Waals surface area contributed by atoms with Crippen molar-refractivity contribution in [3.8, 4) is 0 Å². The van der Waals surface area contributed by atoms with Crippen LogP contribution in [0.1, 0.15) is 13.8 Å². The molecule has 0 fully saturated rings. The van der Waals surface area contributed by atoms with E-state index in [1.165, 1.54) is 0 Å². The van der Waals surface area contributed by atoms with Gasteiger partial charge in [-0.25, -0.2) is 0 Å². The van der Waals surface area contributed by atoms with Crippen LogP contribution in [0.15, 0.2) is 0 Å². The van der Waals surface area contributed by atoms with Gasteiger partial charge in [0.25, 0.3) is 0 Å². The van der Waals surface area contributed by atoms with Crippen molar-refractivity contribution in [1.29, 1.82) is 0 Å². The molecule has 0 heterocycles. The zero-order chi connectivity index (χ0) is 6.78. The Morgan fingerprint density at radius 2 is 1.50 bits per heavy atom. The molecule has 0 radical (unpaired) electrons. The van der Waals surface area contributed by atoms with E-state index in [2.05, 4.69) is 44.7 Å². The van der Waals surface area contributed by atoms with Gasteiger partial charge in [0.05, 0.1) is 0 Å². The molecule has 0 aliphatic rings. The van der Waals surface area contributed by atoms with E-state index in [0.717, 1.165) is 5.25 Å². The van der Waals surface area contributed by atoms with E-state index in [4.69, 9.17) is 0 Å². The molecule has 0 atom stereocenters. The summed E-state index contributed by atoms with van der Waals surface area (Å²) in [6.45, 7) is 11.7. The van der Waals surface area contributed by atoms with E-state index in [1.54, 1.807) is 0 Å². The van der Waals surface area contributed by atoms with Gasteiger partial charge in [0.2, 0.25) is 0 Å². The van der Waals surface area contributed by atoms with E-state index in [-0.39, 0.29) is 0 Å². The van der Waals surface area contributed by atoms with Crippen LogP contribution in [0.5, 0.6) is 0 Å². The smallest absolute Gasteiger partial charge is 0.108 e. The van der Waals surface area contributed by atoms with Crippen molar-refractivity contribution in [3.63, 3.8) is 0 Å². The van der Waals surface area contributed by atoms with E-state index in [9.17, 15) is 0 Å².